The zero-order chi connectivity index (χ0) is 5.91. The SMILES string of the molecule is O=BOC(O)(O)O. The van der Waals surface area contributed by atoms with Gasteiger partial charge >= 0.3 is 38.2 Å². The summed E-state index contributed by atoms with van der Waals surface area (Å²) in [4.78, 5) is 0. The van der Waals surface area contributed by atoms with Gasteiger partial charge in [-0.3, -0.25) is 0 Å². The molecule has 0 aliphatic heterocycles. The second-order valence-electron chi connectivity index (χ2n) is 0.788. The Morgan fingerprint density at radius 2 is 1.86 bits per heavy atom. The molecule has 0 spiro atoms. The molecule has 7 heavy (non-hydrogen) atoms. The van der Waals surface area contributed by atoms with Crippen molar-refractivity contribution in [3.05, 3.63) is 0 Å². The van der Waals surface area contributed by atoms with Crippen molar-refractivity contribution in [3.8, 4) is 0 Å². The van der Waals surface area contributed by atoms with E-state index in [1.807, 2.05) is 0 Å². The topological polar surface area (TPSA) is 87.0 Å². The van der Waals surface area contributed by atoms with Crippen molar-refractivity contribution in [2.75, 3.05) is 0 Å². The molecule has 40 valence electrons. The van der Waals surface area contributed by atoms with Crippen molar-refractivity contribution < 1.29 is 24.7 Å². The molecular weight excluding hydrogens is 103 g/mol. The Morgan fingerprint density at radius 3 is 1.86 bits per heavy atom. The first-order chi connectivity index (χ1) is 3.06. The maximum absolute atomic E-state index is 9.12. The quantitative estimate of drug-likeness (QED) is 0.268. The van der Waals surface area contributed by atoms with Crippen LogP contribution in [0.25, 0.3) is 0 Å². The van der Waals surface area contributed by atoms with Crippen LogP contribution in [0.15, 0.2) is 0 Å². The van der Waals surface area contributed by atoms with Gasteiger partial charge in [-0.2, -0.15) is 0 Å². The minimum absolute atomic E-state index is 0.292. The summed E-state index contributed by atoms with van der Waals surface area (Å²) in [6, 6.07) is 0. The Labute approximate surface area is 39.4 Å². The first kappa shape index (κ1) is 6.54. The van der Waals surface area contributed by atoms with Gasteiger partial charge in [-0.15, -0.1) is 0 Å². The normalized spacial score (nSPS) is 10.1. The molecule has 0 saturated carbocycles. The van der Waals surface area contributed by atoms with Crippen LogP contribution in [0.5, 0.6) is 0 Å². The zero-order valence-electron chi connectivity index (χ0n) is 3.24. The number of hydrogen-bond donors (Lipinski definition) is 3. The van der Waals surface area contributed by atoms with Crippen LogP contribution in [0.4, 0.5) is 0 Å². The maximum atomic E-state index is 9.12. The van der Waals surface area contributed by atoms with E-state index in [0.29, 0.717) is 0 Å². The molecule has 0 aliphatic carbocycles. The van der Waals surface area contributed by atoms with E-state index >= 15 is 0 Å². The Balaban J connectivity index is 3.34. The fourth-order valence-corrected chi connectivity index (χ4v) is 0.0645. The van der Waals surface area contributed by atoms with E-state index in [0.717, 1.165) is 0 Å². The molecule has 0 aromatic carbocycles. The molecule has 0 rings (SSSR count). The molecular formula is CH3BO5. The van der Waals surface area contributed by atoms with Gasteiger partial charge in [0, 0.05) is 0 Å². The fourth-order valence-electron chi connectivity index (χ4n) is 0.0645. The fraction of sp³-hybridized carbons (Fsp3) is 1.00. The van der Waals surface area contributed by atoms with E-state index < -0.39 is 6.16 Å². The van der Waals surface area contributed by atoms with E-state index in [4.69, 9.17) is 20.0 Å². The standard InChI is InChI=1S/CH3BO5/c3-1(4,5)7-2-6/h3-5H. The van der Waals surface area contributed by atoms with Crippen molar-refractivity contribution >= 4 is 7.35 Å². The molecule has 0 bridgehead atoms. The third kappa shape index (κ3) is 5.54. The molecule has 0 amide bonds. The summed E-state index contributed by atoms with van der Waals surface area (Å²) in [6.07, 6.45) is -3.32. The summed E-state index contributed by atoms with van der Waals surface area (Å²) in [6.45, 7) is 0. The first-order valence-electron chi connectivity index (χ1n) is 1.35. The second kappa shape index (κ2) is 2.01. The van der Waals surface area contributed by atoms with Gasteiger partial charge in [0.15, 0.2) is 0 Å². The molecule has 0 atom stereocenters. The van der Waals surface area contributed by atoms with Crippen molar-refractivity contribution in [1.82, 2.24) is 0 Å². The van der Waals surface area contributed by atoms with Crippen LogP contribution in [-0.4, -0.2) is 28.8 Å². The van der Waals surface area contributed by atoms with Crippen LogP contribution < -0.4 is 0 Å². The van der Waals surface area contributed by atoms with Gasteiger partial charge in [0.1, 0.15) is 0 Å². The molecule has 3 N–H and O–H groups in total. The average Bonchev–Trinajstić information content (AvgIpc) is 1.30. The zero-order valence-corrected chi connectivity index (χ0v) is 3.24. The first-order valence-corrected chi connectivity index (χ1v) is 1.35. The summed E-state index contributed by atoms with van der Waals surface area (Å²) in [7, 11) is -0.292. The minimum atomic E-state index is -3.32. The summed E-state index contributed by atoms with van der Waals surface area (Å²) in [5.74, 6) is 0. The van der Waals surface area contributed by atoms with Gasteiger partial charge in [-0.25, -0.2) is 0 Å². The molecule has 0 heterocycles. The average molecular weight is 106 g/mol. The second-order valence-corrected chi connectivity index (χ2v) is 0.788. The van der Waals surface area contributed by atoms with Crippen LogP contribution >= 0.6 is 0 Å². The molecule has 5 nitrogen and oxygen atoms in total. The van der Waals surface area contributed by atoms with E-state index in [9.17, 15) is 0 Å². The van der Waals surface area contributed by atoms with Crippen LogP contribution in [0, 0.1) is 0 Å². The van der Waals surface area contributed by atoms with E-state index in [1.54, 1.807) is 0 Å². The molecule has 0 aromatic rings. The third-order valence-corrected chi connectivity index (χ3v) is 0.206. The Bertz CT molecular complexity index is 63.0. The van der Waals surface area contributed by atoms with Gasteiger partial charge in [0.25, 0.3) is 0 Å². The van der Waals surface area contributed by atoms with Crippen LogP contribution in [-0.2, 0) is 9.36 Å². The summed E-state index contributed by atoms with van der Waals surface area (Å²) >= 11 is 0. The predicted octanol–water partition coefficient (Wildman–Crippen LogP) is -2.44. The molecule has 0 fully saturated rings. The third-order valence-electron chi connectivity index (χ3n) is 0.206. The van der Waals surface area contributed by atoms with Crippen LogP contribution in [0.2, 0.25) is 0 Å². The Morgan fingerprint density at radius 1 is 1.43 bits per heavy atom. The Hall–Kier alpha value is -0.455. The molecule has 6 heteroatoms. The number of aliphatic hydroxyl groups is 3. The number of hydrogen-bond acceptors (Lipinski definition) is 5. The molecule has 0 saturated heterocycles. The van der Waals surface area contributed by atoms with Crippen LogP contribution in [0.1, 0.15) is 0 Å². The van der Waals surface area contributed by atoms with Gasteiger partial charge in [0.05, 0.1) is 0 Å². The molecule has 0 aromatic heterocycles. The van der Waals surface area contributed by atoms with Crippen LogP contribution in [0.3, 0.4) is 0 Å². The number of rotatable bonds is 2. The van der Waals surface area contributed by atoms with Crippen molar-refractivity contribution in [3.63, 3.8) is 0 Å². The monoisotopic (exact) mass is 106 g/mol. The molecule has 0 unspecified atom stereocenters. The summed E-state index contributed by atoms with van der Waals surface area (Å²) < 4.78 is 12.3. The van der Waals surface area contributed by atoms with Gasteiger partial charge in [0.2, 0.25) is 0 Å². The van der Waals surface area contributed by atoms with E-state index in [-0.39, 0.29) is 7.35 Å². The van der Waals surface area contributed by atoms with Gasteiger partial charge in [-0.05, 0) is 0 Å². The van der Waals surface area contributed by atoms with Gasteiger partial charge in [-0.1, -0.05) is 0 Å². The van der Waals surface area contributed by atoms with Crippen molar-refractivity contribution in [2.24, 2.45) is 0 Å². The summed E-state index contributed by atoms with van der Waals surface area (Å²) in [5, 5.41) is 23.0. The van der Waals surface area contributed by atoms with Crippen molar-refractivity contribution in [2.45, 2.75) is 6.16 Å². The van der Waals surface area contributed by atoms with Gasteiger partial charge < -0.3 is 0 Å². The van der Waals surface area contributed by atoms with Crippen molar-refractivity contribution in [1.29, 1.82) is 0 Å². The molecule has 0 aliphatic rings. The van der Waals surface area contributed by atoms with E-state index in [1.165, 1.54) is 0 Å². The van der Waals surface area contributed by atoms with E-state index in [2.05, 4.69) is 4.65 Å². The predicted molar refractivity (Wildman–Crippen MR) is 16.9 cm³/mol. The summed E-state index contributed by atoms with van der Waals surface area (Å²) in [5.41, 5.74) is 0. The Kier molecular flexibility index (Phi) is 1.88. The molecule has 0 radical (unpaired) electrons.